The van der Waals surface area contributed by atoms with Crippen LogP contribution in [0.2, 0.25) is 0 Å². The number of para-hydroxylation sites is 2. The van der Waals surface area contributed by atoms with Gasteiger partial charge in [-0.2, -0.15) is 0 Å². The van der Waals surface area contributed by atoms with Crippen molar-refractivity contribution in [2.75, 3.05) is 28.4 Å². The molecule has 10 nitrogen and oxygen atoms in total. The second kappa shape index (κ2) is 21.8. The van der Waals surface area contributed by atoms with E-state index in [2.05, 4.69) is 4.74 Å². The number of furan rings is 2. The van der Waals surface area contributed by atoms with E-state index in [-0.39, 0.29) is 24.6 Å². The molecule has 0 fully saturated rings. The number of ketones is 1. The van der Waals surface area contributed by atoms with Crippen LogP contribution in [0.1, 0.15) is 37.8 Å². The summed E-state index contributed by atoms with van der Waals surface area (Å²) in [6, 6.07) is 30.1. The van der Waals surface area contributed by atoms with Gasteiger partial charge in [0.1, 0.15) is 47.0 Å². The fourth-order valence-electron chi connectivity index (χ4n) is 4.62. The average molecular weight is 946 g/mol. The molecule has 0 amide bonds. The Kier molecular flexibility index (Phi) is 18.0. The molecule has 0 atom stereocenters. The molecular formula is C38H33Cl5O10Sn. The van der Waals surface area contributed by atoms with Crippen molar-refractivity contribution >= 4 is 106 Å². The molecule has 0 spiro atoms. The second-order valence-electron chi connectivity index (χ2n) is 10.6. The van der Waals surface area contributed by atoms with Gasteiger partial charge in [-0.05, 0) is 78.3 Å². The summed E-state index contributed by atoms with van der Waals surface area (Å²) in [5.41, 5.74) is 2.72. The standard InChI is InChI=1S/C19H16O5.C11H10O3.C8H7ClO2.4ClH.Sn/c1-22-13-9-7-12(8-10-13)19(21)18-14-5-3-4-6-15(14)24-16(18)11-17(20)23-2;1-13-11(12)7-9-6-8-4-2-3-5-10(8)14-9;1-11-7-4-2-6(3-5-7)8(9)10;;;;;/h3-10H,11H2,1-2H3;2-6H,7H2,1H3;2-5H,1H3;4*1H;/q;;;;;;;+4/p-4. The summed E-state index contributed by atoms with van der Waals surface area (Å²) in [4.78, 5) is 46.1. The van der Waals surface area contributed by atoms with Crippen LogP contribution in [0.5, 0.6) is 11.5 Å². The third kappa shape index (κ3) is 14.4. The Morgan fingerprint density at radius 1 is 0.611 bits per heavy atom. The van der Waals surface area contributed by atoms with Crippen molar-refractivity contribution in [1.29, 1.82) is 0 Å². The summed E-state index contributed by atoms with van der Waals surface area (Å²) in [6.07, 6.45) is 0.0909. The number of halogens is 5. The van der Waals surface area contributed by atoms with Gasteiger partial charge >= 0.3 is 61.5 Å². The first-order valence-electron chi connectivity index (χ1n) is 15.6. The molecule has 4 aromatic carbocycles. The summed E-state index contributed by atoms with van der Waals surface area (Å²) in [7, 11) is 25.9. The first kappa shape index (κ1) is 44.5. The molecular weight excluding hydrogens is 912 g/mol. The van der Waals surface area contributed by atoms with E-state index in [4.69, 9.17) is 70.3 Å². The number of esters is 2. The van der Waals surface area contributed by atoms with Gasteiger partial charge in [-0.15, -0.1) is 0 Å². The normalized spacial score (nSPS) is 10.4. The number of methoxy groups -OCH3 is 4. The van der Waals surface area contributed by atoms with Crippen molar-refractivity contribution in [2.24, 2.45) is 0 Å². The van der Waals surface area contributed by atoms with Crippen LogP contribution in [0.3, 0.4) is 0 Å². The van der Waals surface area contributed by atoms with Crippen molar-refractivity contribution in [1.82, 2.24) is 0 Å². The van der Waals surface area contributed by atoms with Crippen LogP contribution in [0.4, 0.5) is 0 Å². The zero-order chi connectivity index (χ0) is 39.8. The van der Waals surface area contributed by atoms with E-state index < -0.39 is 25.1 Å². The van der Waals surface area contributed by atoms with Crippen LogP contribution < -0.4 is 9.47 Å². The predicted octanol–water partition coefficient (Wildman–Crippen LogP) is 9.99. The Morgan fingerprint density at radius 2 is 1.09 bits per heavy atom. The van der Waals surface area contributed by atoms with E-state index in [1.54, 1.807) is 74.9 Å². The number of carbonyl (C=O) groups is 4. The molecule has 0 aliphatic rings. The Balaban J connectivity index is 0.000000221. The van der Waals surface area contributed by atoms with E-state index in [1.165, 1.54) is 14.2 Å². The molecule has 16 heteroatoms. The van der Waals surface area contributed by atoms with Crippen LogP contribution in [-0.2, 0) is 31.9 Å². The van der Waals surface area contributed by atoms with Gasteiger partial charge in [0.2, 0.25) is 0 Å². The van der Waals surface area contributed by atoms with Gasteiger partial charge in [0.05, 0.1) is 34.0 Å². The van der Waals surface area contributed by atoms with Crippen molar-refractivity contribution < 1.29 is 47.0 Å². The van der Waals surface area contributed by atoms with E-state index >= 15 is 0 Å². The molecule has 2 aromatic heterocycles. The molecule has 0 saturated carbocycles. The molecule has 0 aliphatic heterocycles. The van der Waals surface area contributed by atoms with E-state index in [0.29, 0.717) is 50.7 Å². The van der Waals surface area contributed by atoms with E-state index in [0.717, 1.165) is 11.0 Å². The number of benzene rings is 4. The van der Waals surface area contributed by atoms with Crippen molar-refractivity contribution in [3.63, 3.8) is 0 Å². The fourth-order valence-corrected chi connectivity index (χ4v) is 4.75. The zero-order valence-electron chi connectivity index (χ0n) is 29.2. The first-order chi connectivity index (χ1) is 25.7. The van der Waals surface area contributed by atoms with Crippen LogP contribution in [0.25, 0.3) is 21.9 Å². The minimum absolute atomic E-state index is 0.0948. The Hall–Kier alpha value is -3.91. The third-order valence-corrected chi connectivity index (χ3v) is 7.34. The SMILES string of the molecule is COC(=O)Cc1cc2ccccc2o1.COC(=O)Cc1oc2ccccc2c1C(=O)c1ccc(OC)cc1.COc1ccc(C(=O)Cl)cc1.[Cl][Sn]([Cl])([Cl])[Cl]. The number of hydrogen-bond donors (Lipinski definition) is 0. The molecule has 6 aromatic rings. The second-order valence-corrected chi connectivity index (χ2v) is 36.4. The molecule has 0 unspecified atom stereocenters. The van der Waals surface area contributed by atoms with Gasteiger partial charge in [0, 0.05) is 21.9 Å². The Bertz CT molecular complexity index is 2120. The van der Waals surface area contributed by atoms with Crippen molar-refractivity contribution in [3.8, 4) is 11.5 Å². The maximum atomic E-state index is 13.0. The number of hydrogen-bond acceptors (Lipinski definition) is 10. The summed E-state index contributed by atoms with van der Waals surface area (Å²) in [5.74, 6) is 1.37. The Labute approximate surface area is 334 Å². The topological polar surface area (TPSA) is 131 Å². The maximum absolute atomic E-state index is 13.0. The monoisotopic (exact) mass is 944 g/mol. The van der Waals surface area contributed by atoms with Crippen molar-refractivity contribution in [2.45, 2.75) is 12.8 Å². The van der Waals surface area contributed by atoms with Crippen molar-refractivity contribution in [3.05, 3.63) is 131 Å². The summed E-state index contributed by atoms with van der Waals surface area (Å²) in [6.45, 7) is 0. The summed E-state index contributed by atoms with van der Waals surface area (Å²) < 4.78 is 30.4. The number of fused-ring (bicyclic) bond motifs is 2. The molecule has 6 rings (SSSR count). The molecule has 0 bridgehead atoms. The molecule has 0 N–H and O–H groups in total. The van der Waals surface area contributed by atoms with Gasteiger partial charge < -0.3 is 27.8 Å². The summed E-state index contributed by atoms with van der Waals surface area (Å²) >= 11 is 1.93. The Morgan fingerprint density at radius 3 is 1.59 bits per heavy atom. The predicted molar refractivity (Wildman–Crippen MR) is 213 cm³/mol. The summed E-state index contributed by atoms with van der Waals surface area (Å²) in [5, 5.41) is 1.23. The quantitative estimate of drug-likeness (QED) is 0.0598. The van der Waals surface area contributed by atoms with Gasteiger partial charge in [0.15, 0.2) is 5.78 Å². The van der Waals surface area contributed by atoms with Gasteiger partial charge in [-0.1, -0.05) is 36.4 Å². The molecule has 0 aliphatic carbocycles. The fraction of sp³-hybridized carbons (Fsp3) is 0.158. The van der Waals surface area contributed by atoms with E-state index in [9.17, 15) is 19.2 Å². The van der Waals surface area contributed by atoms with Crippen LogP contribution in [0, 0.1) is 0 Å². The first-order valence-corrected chi connectivity index (χ1v) is 30.4. The van der Waals surface area contributed by atoms with E-state index in [1.807, 2.05) is 42.5 Å². The number of ether oxygens (including phenoxy) is 4. The number of rotatable bonds is 9. The van der Waals surface area contributed by atoms with Gasteiger partial charge in [0.25, 0.3) is 5.24 Å². The van der Waals surface area contributed by atoms with Crippen LogP contribution in [0.15, 0.2) is 112 Å². The third-order valence-electron chi connectivity index (χ3n) is 7.12. The number of carbonyl (C=O) groups excluding carboxylic acids is 4. The van der Waals surface area contributed by atoms with Crippen LogP contribution >= 0.6 is 47.3 Å². The minimum atomic E-state index is -3.29. The molecule has 0 saturated heterocycles. The van der Waals surface area contributed by atoms with Crippen LogP contribution in [-0.4, -0.2) is 65.3 Å². The average Bonchev–Trinajstić information content (AvgIpc) is 3.74. The molecule has 2 heterocycles. The molecule has 284 valence electrons. The zero-order valence-corrected chi connectivity index (χ0v) is 35.8. The molecule has 0 radical (unpaired) electrons. The van der Waals surface area contributed by atoms with Gasteiger partial charge in [-0.25, -0.2) is 0 Å². The van der Waals surface area contributed by atoms with Gasteiger partial charge in [-0.3, -0.25) is 19.2 Å². The molecule has 54 heavy (non-hydrogen) atoms.